The van der Waals surface area contributed by atoms with E-state index in [0.29, 0.717) is 0 Å². The first kappa shape index (κ1) is 6.92. The minimum absolute atomic E-state index is 0.0139. The highest BCUT2D eigenvalue weighted by molar-refractivity contribution is 4.47. The van der Waals surface area contributed by atoms with Gasteiger partial charge in [-0.1, -0.05) is 13.8 Å². The molecule has 0 bridgehead atoms. The average molecular weight is 104 g/mol. The Labute approximate surface area is 43.8 Å². The van der Waals surface area contributed by atoms with Gasteiger partial charge in [-0.2, -0.15) is 0 Å². The third kappa shape index (κ3) is 2.60. The number of hydrogen-bond donors (Lipinski definition) is 2. The van der Waals surface area contributed by atoms with Gasteiger partial charge in [0.1, 0.15) is 0 Å². The summed E-state index contributed by atoms with van der Waals surface area (Å²) in [4.78, 5) is 0. The molecular weight excluding hydrogens is 92.1 g/mol. The lowest BCUT2D eigenvalue weighted by atomic mass is 10.1. The molecular formula is C5H12O2. The van der Waals surface area contributed by atoms with Gasteiger partial charge in [-0.25, -0.2) is 0 Å². The van der Waals surface area contributed by atoms with E-state index >= 15 is 0 Å². The predicted octanol–water partition coefficient (Wildman–Crippen LogP) is 0.343. The minimum atomic E-state index is -1.13. The maximum absolute atomic E-state index is 8.38. The molecule has 7 heavy (non-hydrogen) atoms. The van der Waals surface area contributed by atoms with Gasteiger partial charge in [-0.15, -0.1) is 0 Å². The molecule has 0 aliphatic heterocycles. The lowest BCUT2D eigenvalue weighted by molar-refractivity contribution is -0.0790. The summed E-state index contributed by atoms with van der Waals surface area (Å²) >= 11 is 0. The van der Waals surface area contributed by atoms with Crippen LogP contribution >= 0.6 is 0 Å². The molecule has 2 N–H and O–H groups in total. The summed E-state index contributed by atoms with van der Waals surface area (Å²) < 4.78 is 0. The maximum atomic E-state index is 8.38. The zero-order valence-corrected chi connectivity index (χ0v) is 4.76. The molecule has 0 amide bonds. The molecule has 0 aromatic heterocycles. The largest absolute Gasteiger partial charge is 0.368 e. The van der Waals surface area contributed by atoms with Gasteiger partial charge in [0.15, 0.2) is 6.29 Å². The second-order valence-corrected chi connectivity index (χ2v) is 1.80. The molecule has 2 nitrogen and oxygen atoms in total. The van der Waals surface area contributed by atoms with Crippen molar-refractivity contribution in [1.29, 1.82) is 0 Å². The summed E-state index contributed by atoms with van der Waals surface area (Å²) in [5.74, 6) is 0.0139. The molecule has 0 radical (unpaired) electrons. The van der Waals surface area contributed by atoms with E-state index in [2.05, 4.69) is 0 Å². The van der Waals surface area contributed by atoms with Gasteiger partial charge in [0, 0.05) is 5.92 Å². The fourth-order valence-corrected chi connectivity index (χ4v) is 0.211. The summed E-state index contributed by atoms with van der Waals surface area (Å²) in [7, 11) is 0. The summed E-state index contributed by atoms with van der Waals surface area (Å²) in [6.45, 7) is 3.72. The highest BCUT2D eigenvalue weighted by atomic mass is 16.5. The highest BCUT2D eigenvalue weighted by Gasteiger charge is 2.05. The van der Waals surface area contributed by atoms with Gasteiger partial charge in [0.25, 0.3) is 0 Å². The van der Waals surface area contributed by atoms with Crippen LogP contribution in [0, 0.1) is 5.92 Å². The number of hydrogen-bond acceptors (Lipinski definition) is 2. The normalized spacial score (nSPS) is 15.0. The molecule has 0 saturated carbocycles. The lowest BCUT2D eigenvalue weighted by Gasteiger charge is -2.08. The Kier molecular flexibility index (Phi) is 2.96. The Morgan fingerprint density at radius 2 is 1.86 bits per heavy atom. The summed E-state index contributed by atoms with van der Waals surface area (Å²) in [6.07, 6.45) is -0.317. The summed E-state index contributed by atoms with van der Waals surface area (Å²) in [6, 6.07) is 0. The SMILES string of the molecule is CC[C@@H](C)C(O)O. The van der Waals surface area contributed by atoms with E-state index in [0.717, 1.165) is 6.42 Å². The van der Waals surface area contributed by atoms with Gasteiger partial charge in [0.05, 0.1) is 0 Å². The van der Waals surface area contributed by atoms with Crippen LogP contribution in [-0.4, -0.2) is 16.5 Å². The predicted molar refractivity (Wildman–Crippen MR) is 27.7 cm³/mol. The Morgan fingerprint density at radius 3 is 1.86 bits per heavy atom. The van der Waals surface area contributed by atoms with Crippen LogP contribution in [0.1, 0.15) is 20.3 Å². The molecule has 0 unspecified atom stereocenters. The van der Waals surface area contributed by atoms with Crippen molar-refractivity contribution >= 4 is 0 Å². The van der Waals surface area contributed by atoms with Crippen LogP contribution in [-0.2, 0) is 0 Å². The van der Waals surface area contributed by atoms with E-state index in [4.69, 9.17) is 10.2 Å². The molecule has 44 valence electrons. The zero-order valence-electron chi connectivity index (χ0n) is 4.76. The van der Waals surface area contributed by atoms with E-state index in [1.165, 1.54) is 0 Å². The van der Waals surface area contributed by atoms with E-state index in [-0.39, 0.29) is 5.92 Å². The zero-order chi connectivity index (χ0) is 5.86. The van der Waals surface area contributed by atoms with Gasteiger partial charge < -0.3 is 10.2 Å². The van der Waals surface area contributed by atoms with Crippen LogP contribution in [0.15, 0.2) is 0 Å². The van der Waals surface area contributed by atoms with Crippen LogP contribution in [0.25, 0.3) is 0 Å². The highest BCUT2D eigenvalue weighted by Crippen LogP contribution is 2.02. The Bertz CT molecular complexity index is 43.3. The smallest absolute Gasteiger partial charge is 0.154 e. The quantitative estimate of drug-likeness (QED) is 0.496. The fraction of sp³-hybridized carbons (Fsp3) is 1.00. The van der Waals surface area contributed by atoms with E-state index in [9.17, 15) is 0 Å². The molecule has 0 fully saturated rings. The summed E-state index contributed by atoms with van der Waals surface area (Å²) in [5, 5.41) is 16.8. The third-order valence-corrected chi connectivity index (χ3v) is 1.15. The molecule has 0 aromatic rings. The molecule has 0 rings (SSSR count). The van der Waals surface area contributed by atoms with E-state index in [1.807, 2.05) is 6.92 Å². The van der Waals surface area contributed by atoms with Crippen molar-refractivity contribution in [3.05, 3.63) is 0 Å². The monoisotopic (exact) mass is 104 g/mol. The molecule has 0 aromatic carbocycles. The maximum Gasteiger partial charge on any atom is 0.154 e. The molecule has 0 heterocycles. The van der Waals surface area contributed by atoms with Crippen LogP contribution in [0.5, 0.6) is 0 Å². The molecule has 0 aliphatic carbocycles. The van der Waals surface area contributed by atoms with Crippen molar-refractivity contribution in [1.82, 2.24) is 0 Å². The van der Waals surface area contributed by atoms with Crippen molar-refractivity contribution in [3.8, 4) is 0 Å². The first-order valence-corrected chi connectivity index (χ1v) is 2.54. The lowest BCUT2D eigenvalue weighted by Crippen LogP contribution is -2.14. The Balaban J connectivity index is 3.14. The van der Waals surface area contributed by atoms with Crippen LogP contribution < -0.4 is 0 Å². The number of aliphatic hydroxyl groups excluding tert-OH is 1. The van der Waals surface area contributed by atoms with Crippen LogP contribution in [0.3, 0.4) is 0 Å². The fourth-order valence-electron chi connectivity index (χ4n) is 0.211. The topological polar surface area (TPSA) is 40.5 Å². The van der Waals surface area contributed by atoms with Gasteiger partial charge >= 0.3 is 0 Å². The standard InChI is InChI=1S/C5H12O2/c1-3-4(2)5(6)7/h4-7H,3H2,1-2H3/t4-/m1/s1. The molecule has 0 spiro atoms. The number of rotatable bonds is 2. The molecule has 0 saturated heterocycles. The molecule has 0 aliphatic rings. The number of aliphatic hydroxyl groups is 2. The third-order valence-electron chi connectivity index (χ3n) is 1.15. The Hall–Kier alpha value is -0.0800. The van der Waals surface area contributed by atoms with Crippen molar-refractivity contribution in [2.45, 2.75) is 26.6 Å². The molecule has 2 heteroatoms. The van der Waals surface area contributed by atoms with Crippen molar-refractivity contribution in [2.24, 2.45) is 5.92 Å². The van der Waals surface area contributed by atoms with Crippen molar-refractivity contribution < 1.29 is 10.2 Å². The van der Waals surface area contributed by atoms with Crippen molar-refractivity contribution in [3.63, 3.8) is 0 Å². The minimum Gasteiger partial charge on any atom is -0.368 e. The summed E-state index contributed by atoms with van der Waals surface area (Å²) in [5.41, 5.74) is 0. The van der Waals surface area contributed by atoms with Crippen molar-refractivity contribution in [2.75, 3.05) is 0 Å². The van der Waals surface area contributed by atoms with E-state index in [1.54, 1.807) is 6.92 Å². The second kappa shape index (κ2) is 2.99. The van der Waals surface area contributed by atoms with E-state index < -0.39 is 6.29 Å². The van der Waals surface area contributed by atoms with Gasteiger partial charge in [-0.05, 0) is 6.42 Å². The average Bonchev–Trinajstić information content (AvgIpc) is 1.65. The van der Waals surface area contributed by atoms with Crippen LogP contribution in [0.4, 0.5) is 0 Å². The first-order chi connectivity index (χ1) is 3.18. The van der Waals surface area contributed by atoms with Crippen LogP contribution in [0.2, 0.25) is 0 Å². The first-order valence-electron chi connectivity index (χ1n) is 2.54. The second-order valence-electron chi connectivity index (χ2n) is 1.80. The van der Waals surface area contributed by atoms with Gasteiger partial charge in [0.2, 0.25) is 0 Å². The molecule has 1 atom stereocenters. The van der Waals surface area contributed by atoms with Gasteiger partial charge in [-0.3, -0.25) is 0 Å². The Morgan fingerprint density at radius 1 is 1.43 bits per heavy atom.